The highest BCUT2D eigenvalue weighted by atomic mass is 35.5. The third kappa shape index (κ3) is 2.38. The molecule has 0 saturated carbocycles. The fourth-order valence-electron chi connectivity index (χ4n) is 1.46. The summed E-state index contributed by atoms with van der Waals surface area (Å²) in [5.74, 6) is 0. The van der Waals surface area contributed by atoms with Crippen LogP contribution in [0.15, 0.2) is 36.4 Å². The molecule has 0 spiro atoms. The van der Waals surface area contributed by atoms with Crippen molar-refractivity contribution in [1.29, 1.82) is 0 Å². The summed E-state index contributed by atoms with van der Waals surface area (Å²) >= 11 is 5.88. The predicted molar refractivity (Wildman–Crippen MR) is 63.3 cm³/mol. The minimum Gasteiger partial charge on any atom is -0.396 e. The van der Waals surface area contributed by atoms with E-state index < -0.39 is 0 Å². The number of hydrogen-bond acceptors (Lipinski definition) is 3. The molecule has 0 bridgehead atoms. The van der Waals surface area contributed by atoms with Crippen LogP contribution in [0.3, 0.4) is 0 Å². The molecular formula is C12H11ClN2O. The van der Waals surface area contributed by atoms with Crippen molar-refractivity contribution in [3.8, 4) is 11.3 Å². The smallest absolute Gasteiger partial charge is 0.155 e. The van der Waals surface area contributed by atoms with Crippen LogP contribution >= 0.6 is 11.6 Å². The third-order valence-corrected chi connectivity index (χ3v) is 2.59. The maximum absolute atomic E-state index is 8.90. The lowest BCUT2D eigenvalue weighted by atomic mass is 10.1. The van der Waals surface area contributed by atoms with Gasteiger partial charge in [-0.3, -0.25) is 0 Å². The standard InChI is InChI=1S/C12H11ClN2O/c13-12-10(6-7-16)8-11(14-15-12)9-4-2-1-3-5-9/h1-5,8,16H,6-7H2. The molecule has 1 N–H and O–H groups in total. The summed E-state index contributed by atoms with van der Waals surface area (Å²) in [7, 11) is 0. The van der Waals surface area contributed by atoms with Gasteiger partial charge < -0.3 is 5.11 Å². The molecule has 0 fully saturated rings. The highest BCUT2D eigenvalue weighted by molar-refractivity contribution is 6.30. The Bertz CT molecular complexity index is 474. The lowest BCUT2D eigenvalue weighted by Crippen LogP contribution is -1.97. The van der Waals surface area contributed by atoms with Gasteiger partial charge in [0.05, 0.1) is 5.69 Å². The van der Waals surface area contributed by atoms with Crippen molar-refractivity contribution in [2.24, 2.45) is 0 Å². The van der Waals surface area contributed by atoms with Crippen molar-refractivity contribution >= 4 is 11.6 Å². The maximum Gasteiger partial charge on any atom is 0.155 e. The molecule has 0 aliphatic heterocycles. The Morgan fingerprint density at radius 3 is 2.56 bits per heavy atom. The number of aromatic nitrogens is 2. The highest BCUT2D eigenvalue weighted by Gasteiger charge is 2.06. The van der Waals surface area contributed by atoms with Gasteiger partial charge in [-0.25, -0.2) is 0 Å². The summed E-state index contributed by atoms with van der Waals surface area (Å²) < 4.78 is 0. The largest absolute Gasteiger partial charge is 0.396 e. The first kappa shape index (κ1) is 11.0. The van der Waals surface area contributed by atoms with E-state index in [1.807, 2.05) is 36.4 Å². The Hall–Kier alpha value is -1.45. The predicted octanol–water partition coefficient (Wildman–Crippen LogP) is 2.33. The fraction of sp³-hybridized carbons (Fsp3) is 0.167. The van der Waals surface area contributed by atoms with Gasteiger partial charge in [0, 0.05) is 12.2 Å². The zero-order valence-electron chi connectivity index (χ0n) is 8.60. The van der Waals surface area contributed by atoms with Crippen molar-refractivity contribution in [3.05, 3.63) is 47.1 Å². The Labute approximate surface area is 98.7 Å². The summed E-state index contributed by atoms with van der Waals surface area (Å²) in [5, 5.41) is 17.2. The third-order valence-electron chi connectivity index (χ3n) is 2.27. The van der Waals surface area contributed by atoms with Crippen molar-refractivity contribution in [1.82, 2.24) is 10.2 Å². The van der Waals surface area contributed by atoms with E-state index in [9.17, 15) is 0 Å². The van der Waals surface area contributed by atoms with Crippen LogP contribution in [0.5, 0.6) is 0 Å². The number of nitrogens with zero attached hydrogens (tertiary/aromatic N) is 2. The molecule has 0 saturated heterocycles. The van der Waals surface area contributed by atoms with Crippen LogP contribution in [0.4, 0.5) is 0 Å². The van der Waals surface area contributed by atoms with Crippen molar-refractivity contribution in [3.63, 3.8) is 0 Å². The monoisotopic (exact) mass is 234 g/mol. The Kier molecular flexibility index (Phi) is 3.49. The topological polar surface area (TPSA) is 46.0 Å². The van der Waals surface area contributed by atoms with Crippen LogP contribution in [0, 0.1) is 0 Å². The summed E-state index contributed by atoms with van der Waals surface area (Å²) in [6, 6.07) is 11.6. The number of hydrogen-bond donors (Lipinski definition) is 1. The molecule has 0 unspecified atom stereocenters. The highest BCUT2D eigenvalue weighted by Crippen LogP contribution is 2.20. The van der Waals surface area contributed by atoms with Gasteiger partial charge in [-0.1, -0.05) is 41.9 Å². The summed E-state index contributed by atoms with van der Waals surface area (Å²) in [6.45, 7) is 0.0552. The van der Waals surface area contributed by atoms with E-state index in [1.54, 1.807) is 0 Å². The normalized spacial score (nSPS) is 10.4. The maximum atomic E-state index is 8.90. The van der Waals surface area contributed by atoms with Crippen molar-refractivity contribution in [2.45, 2.75) is 6.42 Å². The van der Waals surface area contributed by atoms with Crippen LogP contribution < -0.4 is 0 Å². The number of aliphatic hydroxyl groups is 1. The first-order valence-electron chi connectivity index (χ1n) is 4.99. The molecule has 1 heterocycles. The van der Waals surface area contributed by atoms with Gasteiger partial charge in [-0.2, -0.15) is 0 Å². The van der Waals surface area contributed by atoms with E-state index in [-0.39, 0.29) is 6.61 Å². The van der Waals surface area contributed by atoms with Gasteiger partial charge in [-0.15, -0.1) is 10.2 Å². The number of rotatable bonds is 3. The molecule has 1 aromatic heterocycles. The number of aliphatic hydroxyl groups excluding tert-OH is 1. The van der Waals surface area contributed by atoms with E-state index in [0.717, 1.165) is 16.8 Å². The molecular weight excluding hydrogens is 224 g/mol. The van der Waals surface area contributed by atoms with Gasteiger partial charge in [0.1, 0.15) is 0 Å². The molecule has 0 aliphatic rings. The quantitative estimate of drug-likeness (QED) is 0.887. The molecule has 2 aromatic rings. The van der Waals surface area contributed by atoms with Gasteiger partial charge in [-0.05, 0) is 18.1 Å². The second kappa shape index (κ2) is 5.05. The van der Waals surface area contributed by atoms with Crippen molar-refractivity contribution < 1.29 is 5.11 Å². The lowest BCUT2D eigenvalue weighted by molar-refractivity contribution is 0.299. The molecule has 0 amide bonds. The molecule has 4 heteroatoms. The zero-order valence-corrected chi connectivity index (χ0v) is 9.35. The van der Waals surface area contributed by atoms with Gasteiger partial charge >= 0.3 is 0 Å². The number of halogens is 1. The number of benzene rings is 1. The average Bonchev–Trinajstić information content (AvgIpc) is 2.33. The van der Waals surface area contributed by atoms with Crippen molar-refractivity contribution in [2.75, 3.05) is 6.61 Å². The Morgan fingerprint density at radius 2 is 1.88 bits per heavy atom. The molecule has 2 rings (SSSR count). The molecule has 0 radical (unpaired) electrons. The lowest BCUT2D eigenvalue weighted by Gasteiger charge is -2.04. The molecule has 3 nitrogen and oxygen atoms in total. The SMILES string of the molecule is OCCc1cc(-c2ccccc2)nnc1Cl. The summed E-state index contributed by atoms with van der Waals surface area (Å²) in [4.78, 5) is 0. The summed E-state index contributed by atoms with van der Waals surface area (Å²) in [5.41, 5.74) is 2.58. The van der Waals surface area contributed by atoms with Crippen LogP contribution in [-0.4, -0.2) is 21.9 Å². The molecule has 1 aromatic carbocycles. The van der Waals surface area contributed by atoms with Gasteiger partial charge in [0.15, 0.2) is 5.15 Å². The van der Waals surface area contributed by atoms with E-state index in [1.165, 1.54) is 0 Å². The minimum absolute atomic E-state index is 0.0552. The van der Waals surface area contributed by atoms with Crippen LogP contribution in [-0.2, 0) is 6.42 Å². The Balaban J connectivity index is 2.40. The first-order chi connectivity index (χ1) is 7.81. The van der Waals surface area contributed by atoms with Crippen LogP contribution in [0.1, 0.15) is 5.56 Å². The van der Waals surface area contributed by atoms with E-state index in [2.05, 4.69) is 10.2 Å². The summed E-state index contributed by atoms with van der Waals surface area (Å²) in [6.07, 6.45) is 0.494. The van der Waals surface area contributed by atoms with Gasteiger partial charge in [0.2, 0.25) is 0 Å². The fourth-order valence-corrected chi connectivity index (χ4v) is 1.65. The van der Waals surface area contributed by atoms with Crippen LogP contribution in [0.25, 0.3) is 11.3 Å². The zero-order chi connectivity index (χ0) is 11.4. The molecule has 82 valence electrons. The Morgan fingerprint density at radius 1 is 1.12 bits per heavy atom. The molecule has 0 atom stereocenters. The van der Waals surface area contributed by atoms with Gasteiger partial charge in [0.25, 0.3) is 0 Å². The molecule has 16 heavy (non-hydrogen) atoms. The second-order valence-electron chi connectivity index (χ2n) is 3.39. The molecule has 0 aliphatic carbocycles. The van der Waals surface area contributed by atoms with Crippen LogP contribution in [0.2, 0.25) is 5.15 Å². The van der Waals surface area contributed by atoms with E-state index in [0.29, 0.717) is 11.6 Å². The first-order valence-corrected chi connectivity index (χ1v) is 5.37. The minimum atomic E-state index is 0.0552. The van der Waals surface area contributed by atoms with E-state index >= 15 is 0 Å². The van der Waals surface area contributed by atoms with E-state index in [4.69, 9.17) is 16.7 Å². The average molecular weight is 235 g/mol. The second-order valence-corrected chi connectivity index (χ2v) is 3.74.